The van der Waals surface area contributed by atoms with Crippen LogP contribution in [0.25, 0.3) is 10.9 Å². The van der Waals surface area contributed by atoms with Gasteiger partial charge in [-0.1, -0.05) is 30.3 Å². The van der Waals surface area contributed by atoms with E-state index in [1.54, 1.807) is 0 Å². The van der Waals surface area contributed by atoms with Gasteiger partial charge in [0.15, 0.2) is 4.77 Å². The molecule has 0 unspecified atom stereocenters. The second-order valence-corrected chi connectivity index (χ2v) is 5.18. The molecule has 0 radical (unpaired) electrons. The standard InChI is InChI=1S/C15H11N3O3S/c19-14-12-7-6-11(18(20)21)8-13(12)16-15(22)17(14)9-10-4-2-1-3-5-10/h1-8H,9H2,(H,16,22). The van der Waals surface area contributed by atoms with Gasteiger partial charge in [-0.2, -0.15) is 0 Å². The van der Waals surface area contributed by atoms with Crippen LogP contribution in [0.2, 0.25) is 0 Å². The van der Waals surface area contributed by atoms with Crippen LogP contribution >= 0.6 is 12.2 Å². The average Bonchev–Trinajstić information content (AvgIpc) is 2.52. The van der Waals surface area contributed by atoms with E-state index in [0.29, 0.717) is 17.4 Å². The molecule has 0 aliphatic heterocycles. The van der Waals surface area contributed by atoms with Crippen molar-refractivity contribution in [2.24, 2.45) is 0 Å². The molecule has 0 saturated heterocycles. The van der Waals surface area contributed by atoms with Gasteiger partial charge in [0.2, 0.25) is 0 Å². The molecule has 0 bridgehead atoms. The molecule has 0 aliphatic rings. The lowest BCUT2D eigenvalue weighted by Crippen LogP contribution is -2.22. The third kappa shape index (κ3) is 2.53. The average molecular weight is 313 g/mol. The van der Waals surface area contributed by atoms with Crippen molar-refractivity contribution in [3.63, 3.8) is 0 Å². The summed E-state index contributed by atoms with van der Waals surface area (Å²) in [7, 11) is 0. The Hall–Kier alpha value is -2.80. The smallest absolute Gasteiger partial charge is 0.271 e. The number of nitro benzene ring substituents is 1. The highest BCUT2D eigenvalue weighted by atomic mass is 32.1. The molecule has 7 heteroatoms. The Bertz CT molecular complexity index is 977. The first-order valence-corrected chi connectivity index (χ1v) is 6.92. The predicted molar refractivity (Wildman–Crippen MR) is 85.6 cm³/mol. The van der Waals surface area contributed by atoms with Gasteiger partial charge >= 0.3 is 0 Å². The number of hydrogen-bond acceptors (Lipinski definition) is 4. The Morgan fingerprint density at radius 2 is 1.91 bits per heavy atom. The van der Waals surface area contributed by atoms with E-state index in [9.17, 15) is 14.9 Å². The number of benzene rings is 2. The van der Waals surface area contributed by atoms with Crippen LogP contribution in [0.3, 0.4) is 0 Å². The molecule has 3 rings (SSSR count). The molecule has 110 valence electrons. The zero-order valence-electron chi connectivity index (χ0n) is 11.4. The number of aromatic amines is 1. The highest BCUT2D eigenvalue weighted by Gasteiger charge is 2.11. The molecule has 0 amide bonds. The van der Waals surface area contributed by atoms with E-state index >= 15 is 0 Å². The summed E-state index contributed by atoms with van der Waals surface area (Å²) in [6, 6.07) is 13.6. The largest absolute Gasteiger partial charge is 0.331 e. The van der Waals surface area contributed by atoms with Crippen molar-refractivity contribution in [3.8, 4) is 0 Å². The molecule has 2 aromatic carbocycles. The number of rotatable bonds is 3. The van der Waals surface area contributed by atoms with Crippen molar-refractivity contribution in [2.45, 2.75) is 6.54 Å². The Kier molecular flexibility index (Phi) is 3.56. The van der Waals surface area contributed by atoms with Gasteiger partial charge in [-0.05, 0) is 23.8 Å². The summed E-state index contributed by atoms with van der Waals surface area (Å²) in [4.78, 5) is 25.7. The van der Waals surface area contributed by atoms with E-state index < -0.39 is 4.92 Å². The quantitative estimate of drug-likeness (QED) is 0.458. The molecular weight excluding hydrogens is 302 g/mol. The Labute approximate surface area is 129 Å². The molecule has 0 aliphatic carbocycles. The van der Waals surface area contributed by atoms with Crippen LogP contribution in [0.1, 0.15) is 5.56 Å². The molecule has 1 aromatic heterocycles. The van der Waals surface area contributed by atoms with E-state index in [1.807, 2.05) is 30.3 Å². The molecule has 3 aromatic rings. The number of nitro groups is 1. The van der Waals surface area contributed by atoms with Crippen LogP contribution in [0.5, 0.6) is 0 Å². The number of non-ortho nitro benzene ring substituents is 1. The summed E-state index contributed by atoms with van der Waals surface area (Å²) in [6.07, 6.45) is 0. The van der Waals surface area contributed by atoms with Gasteiger partial charge in [-0.25, -0.2) is 0 Å². The van der Waals surface area contributed by atoms with E-state index in [4.69, 9.17) is 12.2 Å². The molecule has 1 N–H and O–H groups in total. The highest BCUT2D eigenvalue weighted by Crippen LogP contribution is 2.16. The van der Waals surface area contributed by atoms with E-state index in [2.05, 4.69) is 4.98 Å². The molecule has 0 spiro atoms. The van der Waals surface area contributed by atoms with Crippen molar-refractivity contribution in [1.29, 1.82) is 0 Å². The van der Waals surface area contributed by atoms with E-state index in [-0.39, 0.29) is 16.0 Å². The molecule has 0 saturated carbocycles. The summed E-state index contributed by atoms with van der Waals surface area (Å²) in [5.41, 5.74) is 0.967. The molecular formula is C15H11N3O3S. The van der Waals surface area contributed by atoms with Crippen LogP contribution in [0.4, 0.5) is 5.69 Å². The number of aromatic nitrogens is 2. The maximum absolute atomic E-state index is 12.5. The van der Waals surface area contributed by atoms with E-state index in [1.165, 1.54) is 22.8 Å². The van der Waals surface area contributed by atoms with Crippen molar-refractivity contribution in [1.82, 2.24) is 9.55 Å². The van der Waals surface area contributed by atoms with E-state index in [0.717, 1.165) is 5.56 Å². The lowest BCUT2D eigenvalue weighted by Gasteiger charge is -2.08. The number of nitrogens with zero attached hydrogens (tertiary/aromatic N) is 2. The first kappa shape index (κ1) is 14.2. The minimum absolute atomic E-state index is 0.0849. The lowest BCUT2D eigenvalue weighted by atomic mass is 10.2. The van der Waals surface area contributed by atoms with Crippen molar-refractivity contribution in [2.75, 3.05) is 0 Å². The second-order valence-electron chi connectivity index (χ2n) is 4.79. The summed E-state index contributed by atoms with van der Waals surface area (Å²) in [5.74, 6) is 0. The van der Waals surface area contributed by atoms with Gasteiger partial charge in [-0.15, -0.1) is 0 Å². The lowest BCUT2D eigenvalue weighted by molar-refractivity contribution is -0.384. The monoisotopic (exact) mass is 313 g/mol. The second kappa shape index (κ2) is 5.53. The zero-order valence-corrected chi connectivity index (χ0v) is 12.2. The Morgan fingerprint density at radius 3 is 2.59 bits per heavy atom. The van der Waals surface area contributed by atoms with Gasteiger partial charge < -0.3 is 4.98 Å². The highest BCUT2D eigenvalue weighted by molar-refractivity contribution is 7.71. The third-order valence-corrected chi connectivity index (χ3v) is 3.68. The number of H-pyrrole nitrogens is 1. The van der Waals surface area contributed by atoms with Crippen molar-refractivity contribution < 1.29 is 4.92 Å². The predicted octanol–water partition coefficient (Wildman–Crippen LogP) is 3.02. The van der Waals surface area contributed by atoms with Crippen LogP contribution in [0.15, 0.2) is 53.3 Å². The first-order valence-electron chi connectivity index (χ1n) is 6.51. The fourth-order valence-electron chi connectivity index (χ4n) is 2.27. The number of nitrogens with one attached hydrogen (secondary N) is 1. The van der Waals surface area contributed by atoms with Gasteiger partial charge in [0.25, 0.3) is 11.2 Å². The Morgan fingerprint density at radius 1 is 1.18 bits per heavy atom. The molecule has 1 heterocycles. The van der Waals surface area contributed by atoms with Crippen LogP contribution in [0, 0.1) is 14.9 Å². The summed E-state index contributed by atoms with van der Waals surface area (Å²) < 4.78 is 1.68. The third-order valence-electron chi connectivity index (χ3n) is 3.36. The molecule has 22 heavy (non-hydrogen) atoms. The minimum Gasteiger partial charge on any atom is -0.331 e. The maximum atomic E-state index is 12.5. The van der Waals surface area contributed by atoms with Gasteiger partial charge in [0.05, 0.1) is 22.4 Å². The Balaban J connectivity index is 2.17. The number of fused-ring (bicyclic) bond motifs is 1. The normalized spacial score (nSPS) is 10.7. The van der Waals surface area contributed by atoms with Crippen LogP contribution in [-0.2, 0) is 6.54 Å². The van der Waals surface area contributed by atoms with Crippen LogP contribution < -0.4 is 5.56 Å². The summed E-state index contributed by atoms with van der Waals surface area (Å²) in [5, 5.41) is 11.2. The topological polar surface area (TPSA) is 80.9 Å². The van der Waals surface area contributed by atoms with Gasteiger partial charge in [-0.3, -0.25) is 19.5 Å². The van der Waals surface area contributed by atoms with Gasteiger partial charge in [0, 0.05) is 12.1 Å². The van der Waals surface area contributed by atoms with Crippen LogP contribution in [-0.4, -0.2) is 14.5 Å². The maximum Gasteiger partial charge on any atom is 0.271 e. The molecule has 6 nitrogen and oxygen atoms in total. The SMILES string of the molecule is O=c1c2ccc([N+](=O)[O-])cc2[nH]c(=S)n1Cc1ccccc1. The fourth-order valence-corrected chi connectivity index (χ4v) is 2.52. The number of hydrogen-bond donors (Lipinski definition) is 1. The minimum atomic E-state index is -0.508. The first-order chi connectivity index (χ1) is 10.6. The molecule has 0 atom stereocenters. The fraction of sp³-hybridized carbons (Fsp3) is 0.0667. The molecule has 0 fully saturated rings. The van der Waals surface area contributed by atoms with Crippen molar-refractivity contribution in [3.05, 3.63) is 79.3 Å². The zero-order chi connectivity index (χ0) is 15.7. The van der Waals surface area contributed by atoms with Gasteiger partial charge in [0.1, 0.15) is 0 Å². The summed E-state index contributed by atoms with van der Waals surface area (Å²) in [6.45, 7) is 0.349. The van der Waals surface area contributed by atoms with Crippen molar-refractivity contribution >= 4 is 28.8 Å². The summed E-state index contributed by atoms with van der Waals surface area (Å²) >= 11 is 5.21.